The molecule has 0 spiro atoms. The molecule has 0 bridgehead atoms. The van der Waals surface area contributed by atoms with E-state index in [0.717, 1.165) is 28.1 Å². The number of carbonyl (C=O) groups is 1. The third kappa shape index (κ3) is 5.05. The SMILES string of the molecule is CC(C)Oc1ccc(C2=NCc3cc(CC(=O)C[C@H](C)c4ccccc4)ncc32)cn1. The summed E-state index contributed by atoms with van der Waals surface area (Å²) in [4.78, 5) is 26.2. The van der Waals surface area contributed by atoms with E-state index in [2.05, 4.69) is 34.0 Å². The number of nitrogens with zero attached hydrogens (tertiary/aromatic N) is 3. The molecule has 158 valence electrons. The minimum absolute atomic E-state index is 0.0870. The lowest BCUT2D eigenvalue weighted by Crippen LogP contribution is -2.10. The fraction of sp³-hybridized carbons (Fsp3) is 0.308. The molecule has 3 heterocycles. The van der Waals surface area contributed by atoms with Crippen LogP contribution in [0.25, 0.3) is 0 Å². The van der Waals surface area contributed by atoms with Crippen LogP contribution in [0.15, 0.2) is 65.9 Å². The Morgan fingerprint density at radius 2 is 1.84 bits per heavy atom. The molecule has 1 atom stereocenters. The first-order chi connectivity index (χ1) is 15.0. The Bertz CT molecular complexity index is 1090. The van der Waals surface area contributed by atoms with Gasteiger partial charge in [-0.15, -0.1) is 0 Å². The molecule has 0 N–H and O–H groups in total. The van der Waals surface area contributed by atoms with E-state index in [-0.39, 0.29) is 17.8 Å². The third-order valence-corrected chi connectivity index (χ3v) is 5.36. The summed E-state index contributed by atoms with van der Waals surface area (Å²) in [6, 6.07) is 16.0. The normalized spacial score (nSPS) is 13.6. The van der Waals surface area contributed by atoms with Crippen molar-refractivity contribution in [3.63, 3.8) is 0 Å². The molecule has 31 heavy (non-hydrogen) atoms. The Hall–Kier alpha value is -3.34. The number of rotatable bonds is 8. The Morgan fingerprint density at radius 3 is 2.55 bits per heavy atom. The molecule has 5 heteroatoms. The van der Waals surface area contributed by atoms with E-state index in [9.17, 15) is 4.79 Å². The molecule has 1 aliphatic heterocycles. The van der Waals surface area contributed by atoms with Gasteiger partial charge >= 0.3 is 0 Å². The lowest BCUT2D eigenvalue weighted by Gasteiger charge is -2.11. The van der Waals surface area contributed by atoms with Crippen LogP contribution in [0.5, 0.6) is 5.88 Å². The van der Waals surface area contributed by atoms with Gasteiger partial charge in [-0.05, 0) is 43.0 Å². The van der Waals surface area contributed by atoms with Crippen LogP contribution in [0.4, 0.5) is 0 Å². The maximum Gasteiger partial charge on any atom is 0.213 e. The van der Waals surface area contributed by atoms with Crippen molar-refractivity contribution in [3.05, 3.63) is 88.9 Å². The quantitative estimate of drug-likeness (QED) is 0.526. The Balaban J connectivity index is 1.41. The third-order valence-electron chi connectivity index (χ3n) is 5.36. The molecule has 4 rings (SSSR count). The van der Waals surface area contributed by atoms with Crippen molar-refractivity contribution in [3.8, 4) is 5.88 Å². The number of fused-ring (bicyclic) bond motifs is 1. The molecule has 2 aromatic heterocycles. The number of hydrogen-bond donors (Lipinski definition) is 0. The molecule has 0 unspecified atom stereocenters. The first kappa shape index (κ1) is 20.9. The van der Waals surface area contributed by atoms with Gasteiger partial charge in [-0.3, -0.25) is 14.8 Å². The highest BCUT2D eigenvalue weighted by molar-refractivity contribution is 6.14. The Labute approximate surface area is 183 Å². The van der Waals surface area contributed by atoms with Crippen LogP contribution in [-0.2, 0) is 17.8 Å². The highest BCUT2D eigenvalue weighted by atomic mass is 16.5. The highest BCUT2D eigenvalue weighted by Crippen LogP contribution is 2.25. The first-order valence-corrected chi connectivity index (χ1v) is 10.7. The minimum Gasteiger partial charge on any atom is -0.475 e. The molecule has 0 fully saturated rings. The number of aromatic nitrogens is 2. The molecule has 5 nitrogen and oxygen atoms in total. The summed E-state index contributed by atoms with van der Waals surface area (Å²) in [5, 5.41) is 0. The smallest absolute Gasteiger partial charge is 0.213 e. The van der Waals surface area contributed by atoms with Crippen molar-refractivity contribution in [2.75, 3.05) is 0 Å². The standard InChI is InChI=1S/C26H27N3O2/c1-17(2)31-25-10-9-20(14-28-25)26-24-16-27-22(12-21(24)15-29-26)13-23(30)11-18(3)19-7-5-4-6-8-19/h4-10,12,14,16-18H,11,13,15H2,1-3H3/t18-/m0/s1. The molecule has 0 saturated heterocycles. The Kier molecular flexibility index (Phi) is 6.21. The predicted molar refractivity (Wildman–Crippen MR) is 122 cm³/mol. The number of carbonyl (C=O) groups excluding carboxylic acids is 1. The maximum absolute atomic E-state index is 12.6. The van der Waals surface area contributed by atoms with Crippen LogP contribution in [0.2, 0.25) is 0 Å². The summed E-state index contributed by atoms with van der Waals surface area (Å²) in [7, 11) is 0. The van der Waals surface area contributed by atoms with Gasteiger partial charge in [0.1, 0.15) is 5.78 Å². The number of benzene rings is 1. The van der Waals surface area contributed by atoms with Gasteiger partial charge in [0.2, 0.25) is 5.88 Å². The average Bonchev–Trinajstić information content (AvgIpc) is 3.17. The molecule has 1 aromatic carbocycles. The van der Waals surface area contributed by atoms with Crippen molar-refractivity contribution in [1.82, 2.24) is 9.97 Å². The zero-order valence-corrected chi connectivity index (χ0v) is 18.2. The summed E-state index contributed by atoms with van der Waals surface area (Å²) in [5.41, 5.74) is 5.94. The maximum atomic E-state index is 12.6. The van der Waals surface area contributed by atoms with Gasteiger partial charge in [-0.1, -0.05) is 37.3 Å². The van der Waals surface area contributed by atoms with Crippen LogP contribution in [0, 0.1) is 0 Å². The number of pyridine rings is 2. The zero-order chi connectivity index (χ0) is 21.8. The van der Waals surface area contributed by atoms with E-state index in [0.29, 0.717) is 25.3 Å². The second kappa shape index (κ2) is 9.21. The predicted octanol–water partition coefficient (Wildman–Crippen LogP) is 4.92. The summed E-state index contributed by atoms with van der Waals surface area (Å²) >= 11 is 0. The van der Waals surface area contributed by atoms with Crippen LogP contribution in [0.3, 0.4) is 0 Å². The lowest BCUT2D eigenvalue weighted by atomic mass is 9.94. The lowest BCUT2D eigenvalue weighted by molar-refractivity contribution is -0.118. The van der Waals surface area contributed by atoms with Crippen molar-refractivity contribution >= 4 is 11.5 Å². The number of Topliss-reactive ketones (excluding diaryl/α,β-unsaturated/α-hetero) is 1. The van der Waals surface area contributed by atoms with Crippen molar-refractivity contribution in [2.24, 2.45) is 4.99 Å². The van der Waals surface area contributed by atoms with Crippen molar-refractivity contribution in [2.45, 2.75) is 52.2 Å². The van der Waals surface area contributed by atoms with Gasteiger partial charge in [0, 0.05) is 48.1 Å². The first-order valence-electron chi connectivity index (χ1n) is 10.7. The summed E-state index contributed by atoms with van der Waals surface area (Å²) in [6.07, 6.45) is 4.57. The fourth-order valence-electron chi connectivity index (χ4n) is 3.83. The molecule has 0 radical (unpaired) electrons. The van der Waals surface area contributed by atoms with Gasteiger partial charge < -0.3 is 4.74 Å². The zero-order valence-electron chi connectivity index (χ0n) is 18.2. The van der Waals surface area contributed by atoms with Gasteiger partial charge in [0.05, 0.1) is 18.4 Å². The largest absolute Gasteiger partial charge is 0.475 e. The molecular formula is C26H27N3O2. The monoisotopic (exact) mass is 413 g/mol. The van der Waals surface area contributed by atoms with E-state index in [1.54, 1.807) is 6.20 Å². The second-order valence-electron chi connectivity index (χ2n) is 8.28. The second-order valence-corrected chi connectivity index (χ2v) is 8.28. The van der Waals surface area contributed by atoms with Crippen molar-refractivity contribution < 1.29 is 9.53 Å². The van der Waals surface area contributed by atoms with E-state index in [1.165, 1.54) is 5.56 Å². The number of ketones is 1. The number of ether oxygens (including phenoxy) is 1. The van der Waals surface area contributed by atoms with Crippen molar-refractivity contribution in [1.29, 1.82) is 0 Å². The molecule has 0 saturated carbocycles. The van der Waals surface area contributed by atoms with E-state index < -0.39 is 0 Å². The van der Waals surface area contributed by atoms with Gasteiger partial charge in [0.25, 0.3) is 0 Å². The highest BCUT2D eigenvalue weighted by Gasteiger charge is 2.20. The van der Waals surface area contributed by atoms with Gasteiger partial charge in [0.15, 0.2) is 0 Å². The number of hydrogen-bond acceptors (Lipinski definition) is 5. The summed E-state index contributed by atoms with van der Waals surface area (Å²) < 4.78 is 5.61. The van der Waals surface area contributed by atoms with Crippen LogP contribution in [0.1, 0.15) is 61.1 Å². The average molecular weight is 414 g/mol. The van der Waals surface area contributed by atoms with E-state index in [4.69, 9.17) is 4.74 Å². The van der Waals surface area contributed by atoms with Gasteiger partial charge in [-0.25, -0.2) is 4.98 Å². The minimum atomic E-state index is 0.0870. The number of aliphatic imine (C=N–C) groups is 1. The van der Waals surface area contributed by atoms with Crippen LogP contribution in [-0.4, -0.2) is 27.6 Å². The molecular weight excluding hydrogens is 386 g/mol. The topological polar surface area (TPSA) is 64.4 Å². The van der Waals surface area contributed by atoms with E-state index >= 15 is 0 Å². The van der Waals surface area contributed by atoms with Crippen LogP contribution < -0.4 is 4.74 Å². The molecule has 0 amide bonds. The van der Waals surface area contributed by atoms with E-state index in [1.807, 2.05) is 56.4 Å². The summed E-state index contributed by atoms with van der Waals surface area (Å²) in [6.45, 7) is 6.64. The Morgan fingerprint density at radius 1 is 1.03 bits per heavy atom. The summed E-state index contributed by atoms with van der Waals surface area (Å²) in [5.74, 6) is 1.01. The van der Waals surface area contributed by atoms with Gasteiger partial charge in [-0.2, -0.15) is 0 Å². The molecule has 0 aliphatic carbocycles. The fourth-order valence-corrected chi connectivity index (χ4v) is 3.83. The molecule has 1 aliphatic rings. The molecule has 3 aromatic rings. The van der Waals surface area contributed by atoms with Crippen LogP contribution >= 0.6 is 0 Å².